The Balaban J connectivity index is 2.23. The summed E-state index contributed by atoms with van der Waals surface area (Å²) in [4.78, 5) is 27.8. The van der Waals surface area contributed by atoms with Crippen LogP contribution in [0.4, 0.5) is 0 Å². The average molecular weight is 427 g/mol. The fourth-order valence-corrected chi connectivity index (χ4v) is 3.21. The second-order valence-corrected chi connectivity index (χ2v) is 7.69. The summed E-state index contributed by atoms with van der Waals surface area (Å²) in [7, 11) is 1.56. The normalized spacial score (nSPS) is 12.5. The zero-order valence-corrected chi connectivity index (χ0v) is 19.2. The molecule has 0 unspecified atom stereocenters. The van der Waals surface area contributed by atoms with E-state index >= 15 is 0 Å². The fraction of sp³-hybridized carbons (Fsp3) is 0.440. The van der Waals surface area contributed by atoms with Crippen LogP contribution in [-0.4, -0.2) is 42.5 Å². The topological polar surface area (TPSA) is 67.9 Å². The number of nitrogens with one attached hydrogen (secondary N) is 1. The van der Waals surface area contributed by atoms with Crippen molar-refractivity contribution >= 4 is 11.8 Å². The minimum Gasteiger partial charge on any atom is -0.493 e. The molecule has 0 aliphatic rings. The molecule has 0 saturated heterocycles. The number of rotatable bonds is 11. The summed E-state index contributed by atoms with van der Waals surface area (Å²) < 4.78 is 11.1. The smallest absolute Gasteiger partial charge is 0.261 e. The molecule has 0 bridgehead atoms. The number of para-hydroxylation sites is 2. The van der Waals surface area contributed by atoms with Crippen LogP contribution in [0.1, 0.15) is 44.7 Å². The SMILES string of the molecule is CC[C@H](C)NC(=O)[C@H](CC)N(Cc1ccc(C)cc1)C(=O)COc1ccccc1OC. The summed E-state index contributed by atoms with van der Waals surface area (Å²) in [5.41, 5.74) is 2.11. The number of carbonyl (C=O) groups excluding carboxylic acids is 2. The quantitative estimate of drug-likeness (QED) is 0.587. The summed E-state index contributed by atoms with van der Waals surface area (Å²) in [5, 5.41) is 3.01. The second-order valence-electron chi connectivity index (χ2n) is 7.69. The van der Waals surface area contributed by atoms with Crippen LogP contribution < -0.4 is 14.8 Å². The molecule has 0 saturated carbocycles. The molecule has 2 amide bonds. The van der Waals surface area contributed by atoms with Crippen molar-refractivity contribution in [1.82, 2.24) is 10.2 Å². The molecule has 0 aliphatic heterocycles. The molecular formula is C25H34N2O4. The number of amides is 2. The Hall–Kier alpha value is -3.02. The van der Waals surface area contributed by atoms with E-state index < -0.39 is 6.04 Å². The first-order valence-electron chi connectivity index (χ1n) is 10.8. The summed E-state index contributed by atoms with van der Waals surface area (Å²) in [6, 6.07) is 14.6. The van der Waals surface area contributed by atoms with Gasteiger partial charge in [-0.05, 0) is 44.4 Å². The van der Waals surface area contributed by atoms with Crippen molar-refractivity contribution in [3.05, 3.63) is 59.7 Å². The largest absolute Gasteiger partial charge is 0.493 e. The van der Waals surface area contributed by atoms with Crippen LogP contribution in [-0.2, 0) is 16.1 Å². The van der Waals surface area contributed by atoms with Gasteiger partial charge in [0.15, 0.2) is 18.1 Å². The van der Waals surface area contributed by atoms with E-state index in [1.807, 2.05) is 64.1 Å². The molecule has 0 aromatic heterocycles. The second kappa shape index (κ2) is 12.0. The van der Waals surface area contributed by atoms with Crippen molar-refractivity contribution < 1.29 is 19.1 Å². The molecule has 0 heterocycles. The Bertz CT molecular complexity index is 851. The molecule has 31 heavy (non-hydrogen) atoms. The number of ether oxygens (including phenoxy) is 2. The Kier molecular flexibility index (Phi) is 9.38. The van der Waals surface area contributed by atoms with Gasteiger partial charge in [0.1, 0.15) is 6.04 Å². The number of aryl methyl sites for hydroxylation is 1. The molecule has 168 valence electrons. The molecule has 1 N–H and O–H groups in total. The molecule has 0 radical (unpaired) electrons. The van der Waals surface area contributed by atoms with E-state index in [9.17, 15) is 9.59 Å². The number of benzene rings is 2. The molecule has 2 atom stereocenters. The highest BCUT2D eigenvalue weighted by Gasteiger charge is 2.29. The Labute approximate surface area is 185 Å². The number of carbonyl (C=O) groups is 2. The molecule has 2 rings (SSSR count). The molecule has 2 aromatic carbocycles. The third kappa shape index (κ3) is 7.02. The lowest BCUT2D eigenvalue weighted by Crippen LogP contribution is -2.51. The highest BCUT2D eigenvalue weighted by molar-refractivity contribution is 5.88. The Morgan fingerprint density at radius 2 is 1.65 bits per heavy atom. The lowest BCUT2D eigenvalue weighted by Gasteiger charge is -2.31. The Morgan fingerprint density at radius 3 is 2.23 bits per heavy atom. The van der Waals surface area contributed by atoms with Crippen LogP contribution in [0.25, 0.3) is 0 Å². The summed E-state index contributed by atoms with van der Waals surface area (Å²) in [5.74, 6) is 0.653. The predicted molar refractivity (Wildman–Crippen MR) is 122 cm³/mol. The van der Waals surface area contributed by atoms with Gasteiger partial charge in [-0.1, -0.05) is 55.8 Å². The van der Waals surface area contributed by atoms with E-state index in [0.717, 1.165) is 17.5 Å². The monoisotopic (exact) mass is 426 g/mol. The van der Waals surface area contributed by atoms with E-state index in [-0.39, 0.29) is 24.5 Å². The summed E-state index contributed by atoms with van der Waals surface area (Å²) in [6.07, 6.45) is 1.33. The molecule has 6 heteroatoms. The van der Waals surface area contributed by atoms with Gasteiger partial charge < -0.3 is 19.7 Å². The minimum atomic E-state index is -0.580. The predicted octanol–water partition coefficient (Wildman–Crippen LogP) is 4.10. The number of hydrogen-bond donors (Lipinski definition) is 1. The fourth-order valence-electron chi connectivity index (χ4n) is 3.21. The van der Waals surface area contributed by atoms with Gasteiger partial charge in [0.25, 0.3) is 5.91 Å². The number of nitrogens with zero attached hydrogens (tertiary/aromatic N) is 1. The van der Waals surface area contributed by atoms with Gasteiger partial charge in [-0.2, -0.15) is 0 Å². The third-order valence-electron chi connectivity index (χ3n) is 5.28. The van der Waals surface area contributed by atoms with Crippen molar-refractivity contribution in [3.8, 4) is 11.5 Å². The van der Waals surface area contributed by atoms with Crippen LogP contribution in [0.3, 0.4) is 0 Å². The van der Waals surface area contributed by atoms with E-state index in [4.69, 9.17) is 9.47 Å². The molecular weight excluding hydrogens is 392 g/mol. The maximum atomic E-state index is 13.2. The maximum Gasteiger partial charge on any atom is 0.261 e. The van der Waals surface area contributed by atoms with E-state index in [1.165, 1.54) is 0 Å². The Morgan fingerprint density at radius 1 is 1.00 bits per heavy atom. The van der Waals surface area contributed by atoms with E-state index in [2.05, 4.69) is 5.32 Å². The van der Waals surface area contributed by atoms with Gasteiger partial charge >= 0.3 is 0 Å². The molecule has 6 nitrogen and oxygen atoms in total. The molecule has 0 aliphatic carbocycles. The number of hydrogen-bond acceptors (Lipinski definition) is 4. The summed E-state index contributed by atoms with van der Waals surface area (Å²) >= 11 is 0. The van der Waals surface area contributed by atoms with E-state index in [0.29, 0.717) is 24.5 Å². The first-order valence-corrected chi connectivity index (χ1v) is 10.8. The molecule has 0 fully saturated rings. The molecule has 2 aromatic rings. The van der Waals surface area contributed by atoms with Crippen LogP contribution in [0.5, 0.6) is 11.5 Å². The van der Waals surface area contributed by atoms with Crippen LogP contribution in [0, 0.1) is 6.92 Å². The van der Waals surface area contributed by atoms with Crippen LogP contribution >= 0.6 is 0 Å². The van der Waals surface area contributed by atoms with Gasteiger partial charge in [0.2, 0.25) is 5.91 Å². The number of methoxy groups -OCH3 is 1. The zero-order chi connectivity index (χ0) is 22.8. The minimum absolute atomic E-state index is 0.0442. The zero-order valence-electron chi connectivity index (χ0n) is 19.2. The van der Waals surface area contributed by atoms with Crippen molar-refractivity contribution in [3.63, 3.8) is 0 Å². The van der Waals surface area contributed by atoms with Gasteiger partial charge in [0, 0.05) is 12.6 Å². The van der Waals surface area contributed by atoms with Crippen LogP contribution in [0.15, 0.2) is 48.5 Å². The van der Waals surface area contributed by atoms with Crippen LogP contribution in [0.2, 0.25) is 0 Å². The maximum absolute atomic E-state index is 13.2. The first kappa shape index (κ1) is 24.3. The lowest BCUT2D eigenvalue weighted by atomic mass is 10.1. The van der Waals surface area contributed by atoms with Gasteiger partial charge in [-0.3, -0.25) is 9.59 Å². The van der Waals surface area contributed by atoms with Gasteiger partial charge in [-0.25, -0.2) is 0 Å². The standard InChI is InChI=1S/C25H34N2O4/c1-6-19(4)26-25(29)21(7-2)27(16-20-14-12-18(3)13-15-20)24(28)17-31-23-11-9-8-10-22(23)30-5/h8-15,19,21H,6-7,16-17H2,1-5H3,(H,26,29)/t19-,21-/m0/s1. The average Bonchev–Trinajstić information content (AvgIpc) is 2.78. The third-order valence-corrected chi connectivity index (χ3v) is 5.28. The van der Waals surface area contributed by atoms with E-state index in [1.54, 1.807) is 24.1 Å². The van der Waals surface area contributed by atoms with Gasteiger partial charge in [-0.15, -0.1) is 0 Å². The van der Waals surface area contributed by atoms with Crippen molar-refractivity contribution in [2.45, 2.75) is 59.2 Å². The highest BCUT2D eigenvalue weighted by atomic mass is 16.5. The molecule has 0 spiro atoms. The van der Waals surface area contributed by atoms with Crippen molar-refractivity contribution in [2.24, 2.45) is 0 Å². The first-order chi connectivity index (χ1) is 14.9. The lowest BCUT2D eigenvalue weighted by molar-refractivity contribution is -0.143. The van der Waals surface area contributed by atoms with Gasteiger partial charge in [0.05, 0.1) is 7.11 Å². The summed E-state index contributed by atoms with van der Waals surface area (Å²) in [6.45, 7) is 8.06. The van der Waals surface area contributed by atoms with Crippen molar-refractivity contribution in [1.29, 1.82) is 0 Å². The van der Waals surface area contributed by atoms with Crippen molar-refractivity contribution in [2.75, 3.05) is 13.7 Å². The highest BCUT2D eigenvalue weighted by Crippen LogP contribution is 2.26.